The zero-order chi connectivity index (χ0) is 15.2. The maximum absolute atomic E-state index is 11.8. The Kier molecular flexibility index (Phi) is 5.47. The van der Waals surface area contributed by atoms with Gasteiger partial charge in [-0.15, -0.1) is 11.3 Å². The van der Waals surface area contributed by atoms with Crippen LogP contribution >= 0.6 is 11.3 Å². The molecule has 0 aliphatic heterocycles. The normalized spacial score (nSPS) is 12.4. The second-order valence-electron chi connectivity index (χ2n) is 5.24. The molecule has 1 unspecified atom stereocenters. The molecule has 0 spiro atoms. The lowest BCUT2D eigenvalue weighted by Crippen LogP contribution is -2.24. The number of amides is 1. The molecule has 1 aromatic carbocycles. The Morgan fingerprint density at radius 3 is 2.67 bits per heavy atom. The van der Waals surface area contributed by atoms with Gasteiger partial charge in [0.1, 0.15) is 0 Å². The molecule has 1 heterocycles. The van der Waals surface area contributed by atoms with Crippen molar-refractivity contribution in [3.63, 3.8) is 0 Å². The molecule has 0 saturated heterocycles. The van der Waals surface area contributed by atoms with Crippen molar-refractivity contribution in [1.82, 2.24) is 10.3 Å². The van der Waals surface area contributed by atoms with Gasteiger partial charge in [-0.2, -0.15) is 0 Å². The summed E-state index contributed by atoms with van der Waals surface area (Å²) in [5.41, 5.74) is 1.62. The number of rotatable bonds is 6. The van der Waals surface area contributed by atoms with Gasteiger partial charge in [-0.1, -0.05) is 44.2 Å². The third-order valence-electron chi connectivity index (χ3n) is 3.09. The summed E-state index contributed by atoms with van der Waals surface area (Å²) in [5.74, 6) is 0.227. The van der Waals surface area contributed by atoms with Gasteiger partial charge in [0.25, 0.3) is 0 Å². The molecule has 4 nitrogen and oxygen atoms in total. The highest BCUT2D eigenvalue weighted by atomic mass is 32.1. The standard InChI is InChI=1S/C16H20N2O2S/c1-11(2)16-18-13(10-21-16)9-17-15(20)8-14(19)12-6-4-3-5-7-12/h3-7,10-11,14,19H,8-9H2,1-2H3,(H,17,20). The summed E-state index contributed by atoms with van der Waals surface area (Å²) in [6.07, 6.45) is -0.710. The van der Waals surface area contributed by atoms with Crippen LogP contribution in [-0.4, -0.2) is 16.0 Å². The Hall–Kier alpha value is -1.72. The maximum Gasteiger partial charge on any atom is 0.223 e. The molecule has 2 aromatic rings. The average molecular weight is 304 g/mol. The second kappa shape index (κ2) is 7.33. The van der Waals surface area contributed by atoms with E-state index in [4.69, 9.17) is 0 Å². The van der Waals surface area contributed by atoms with Crippen LogP contribution in [0.1, 0.15) is 48.6 Å². The van der Waals surface area contributed by atoms with Crippen LogP contribution < -0.4 is 5.32 Å². The number of benzene rings is 1. The molecule has 1 aromatic heterocycles. The lowest BCUT2D eigenvalue weighted by molar-refractivity contribution is -0.123. The van der Waals surface area contributed by atoms with Crippen molar-refractivity contribution in [3.05, 3.63) is 52.0 Å². The van der Waals surface area contributed by atoms with E-state index in [1.165, 1.54) is 0 Å². The lowest BCUT2D eigenvalue weighted by Gasteiger charge is -2.10. The fourth-order valence-corrected chi connectivity index (χ4v) is 2.73. The maximum atomic E-state index is 11.8. The van der Waals surface area contributed by atoms with Crippen LogP contribution in [0.25, 0.3) is 0 Å². The highest BCUT2D eigenvalue weighted by molar-refractivity contribution is 7.09. The molecule has 112 valence electrons. The highest BCUT2D eigenvalue weighted by Gasteiger charge is 2.13. The Morgan fingerprint density at radius 1 is 1.33 bits per heavy atom. The number of hydrogen-bond donors (Lipinski definition) is 2. The summed E-state index contributed by atoms with van der Waals surface area (Å²) in [5, 5.41) is 15.8. The van der Waals surface area contributed by atoms with Crippen LogP contribution in [0.15, 0.2) is 35.7 Å². The Morgan fingerprint density at radius 2 is 2.05 bits per heavy atom. The van der Waals surface area contributed by atoms with Crippen LogP contribution in [0.5, 0.6) is 0 Å². The van der Waals surface area contributed by atoms with Crippen molar-refractivity contribution >= 4 is 17.2 Å². The summed E-state index contributed by atoms with van der Waals surface area (Å²) in [7, 11) is 0. The highest BCUT2D eigenvalue weighted by Crippen LogP contribution is 2.19. The number of nitrogens with one attached hydrogen (secondary N) is 1. The minimum absolute atomic E-state index is 0.0607. The number of aliphatic hydroxyl groups excluding tert-OH is 1. The van der Waals surface area contributed by atoms with Crippen molar-refractivity contribution < 1.29 is 9.90 Å². The fraction of sp³-hybridized carbons (Fsp3) is 0.375. The quantitative estimate of drug-likeness (QED) is 0.862. The number of carbonyl (C=O) groups excluding carboxylic acids is 1. The number of carbonyl (C=O) groups is 1. The number of hydrogen-bond acceptors (Lipinski definition) is 4. The first-order valence-corrected chi connectivity index (χ1v) is 7.88. The van der Waals surface area contributed by atoms with Gasteiger partial charge < -0.3 is 10.4 Å². The third-order valence-corrected chi connectivity index (χ3v) is 4.29. The summed E-state index contributed by atoms with van der Waals surface area (Å²) >= 11 is 1.61. The van der Waals surface area contributed by atoms with Crippen LogP contribution in [0.3, 0.4) is 0 Å². The van der Waals surface area contributed by atoms with Crippen molar-refractivity contribution in [2.75, 3.05) is 0 Å². The molecular weight excluding hydrogens is 284 g/mol. The van der Waals surface area contributed by atoms with E-state index >= 15 is 0 Å². The van der Waals surface area contributed by atoms with Crippen LogP contribution in [0, 0.1) is 0 Å². The molecule has 0 fully saturated rings. The first-order valence-electron chi connectivity index (χ1n) is 7.00. The summed E-state index contributed by atoms with van der Waals surface area (Å²) in [6, 6.07) is 9.20. The molecule has 1 amide bonds. The van der Waals surface area contributed by atoms with E-state index in [1.807, 2.05) is 35.7 Å². The first-order chi connectivity index (χ1) is 10.1. The molecule has 0 bridgehead atoms. The van der Waals surface area contributed by atoms with E-state index in [0.29, 0.717) is 12.5 Å². The molecule has 0 aliphatic rings. The largest absolute Gasteiger partial charge is 0.388 e. The number of aliphatic hydroxyl groups is 1. The van der Waals surface area contributed by atoms with Gasteiger partial charge in [-0.25, -0.2) is 4.98 Å². The molecule has 2 rings (SSSR count). The monoisotopic (exact) mass is 304 g/mol. The molecule has 0 saturated carbocycles. The smallest absolute Gasteiger partial charge is 0.223 e. The average Bonchev–Trinajstić information content (AvgIpc) is 2.95. The molecule has 0 radical (unpaired) electrons. The Bertz CT molecular complexity index is 581. The van der Waals surface area contributed by atoms with Crippen molar-refractivity contribution in [2.45, 2.75) is 38.8 Å². The number of nitrogens with zero attached hydrogens (tertiary/aromatic N) is 1. The van der Waals surface area contributed by atoms with Gasteiger partial charge in [0.05, 0.1) is 29.8 Å². The SMILES string of the molecule is CC(C)c1nc(CNC(=O)CC(O)c2ccccc2)cs1. The number of thiazole rings is 1. The minimum Gasteiger partial charge on any atom is -0.388 e. The van der Waals surface area contributed by atoms with Crippen molar-refractivity contribution in [2.24, 2.45) is 0 Å². The van der Waals surface area contributed by atoms with Crippen LogP contribution in [-0.2, 0) is 11.3 Å². The van der Waals surface area contributed by atoms with E-state index in [1.54, 1.807) is 11.3 Å². The summed E-state index contributed by atoms with van der Waals surface area (Å²) in [4.78, 5) is 16.3. The number of aromatic nitrogens is 1. The predicted octanol–water partition coefficient (Wildman–Crippen LogP) is 3.01. The van der Waals surface area contributed by atoms with E-state index in [0.717, 1.165) is 16.3 Å². The lowest BCUT2D eigenvalue weighted by atomic mass is 10.1. The van der Waals surface area contributed by atoms with Gasteiger partial charge in [0.2, 0.25) is 5.91 Å². The van der Waals surface area contributed by atoms with E-state index in [9.17, 15) is 9.90 Å². The van der Waals surface area contributed by atoms with E-state index in [2.05, 4.69) is 24.1 Å². The van der Waals surface area contributed by atoms with Gasteiger partial charge in [-0.05, 0) is 5.56 Å². The predicted molar refractivity (Wildman–Crippen MR) is 84.1 cm³/mol. The summed E-state index contributed by atoms with van der Waals surface area (Å²) < 4.78 is 0. The van der Waals surface area contributed by atoms with Gasteiger partial charge in [0, 0.05) is 11.3 Å². The molecule has 21 heavy (non-hydrogen) atoms. The van der Waals surface area contributed by atoms with Crippen molar-refractivity contribution in [1.29, 1.82) is 0 Å². The van der Waals surface area contributed by atoms with Gasteiger partial charge >= 0.3 is 0 Å². The molecule has 0 aliphatic carbocycles. The van der Waals surface area contributed by atoms with Crippen LogP contribution in [0.2, 0.25) is 0 Å². The van der Waals surface area contributed by atoms with E-state index < -0.39 is 6.10 Å². The second-order valence-corrected chi connectivity index (χ2v) is 6.13. The Labute approximate surface area is 128 Å². The van der Waals surface area contributed by atoms with Gasteiger partial charge in [0.15, 0.2) is 0 Å². The van der Waals surface area contributed by atoms with Crippen LogP contribution in [0.4, 0.5) is 0 Å². The molecular formula is C16H20N2O2S. The first kappa shape index (κ1) is 15.7. The minimum atomic E-state index is -0.771. The zero-order valence-corrected chi connectivity index (χ0v) is 13.1. The van der Waals surface area contributed by atoms with E-state index in [-0.39, 0.29) is 12.3 Å². The topological polar surface area (TPSA) is 62.2 Å². The third kappa shape index (κ3) is 4.65. The Balaban J connectivity index is 1.82. The molecule has 2 N–H and O–H groups in total. The van der Waals surface area contributed by atoms with Crippen molar-refractivity contribution in [3.8, 4) is 0 Å². The zero-order valence-electron chi connectivity index (χ0n) is 12.2. The molecule has 5 heteroatoms. The van der Waals surface area contributed by atoms with Gasteiger partial charge in [-0.3, -0.25) is 4.79 Å². The molecule has 1 atom stereocenters. The summed E-state index contributed by atoms with van der Waals surface area (Å²) in [6.45, 7) is 4.60. The fourth-order valence-electron chi connectivity index (χ4n) is 1.90.